The fraction of sp³-hybridized carbons (Fsp3) is 0.278. The summed E-state index contributed by atoms with van der Waals surface area (Å²) in [5.41, 5.74) is 7.06. The van der Waals surface area contributed by atoms with Gasteiger partial charge in [0.15, 0.2) is 6.10 Å². The molecule has 0 aliphatic rings. The number of aryl methyl sites for hydroxylation is 1. The molecule has 0 aliphatic heterocycles. The maximum Gasteiger partial charge on any atom is 0.341 e. The third kappa shape index (κ3) is 4.09. The SMILES string of the molecule is COC(=O)c1c(C)[nH]c(C(=O)[C@@H](C)OC(=O)c2cc(Cl)cc(Cl)c2N)c1C. The third-order valence-electron chi connectivity index (χ3n) is 4.04. The molecular formula is C18H18Cl2N2O5. The highest BCUT2D eigenvalue weighted by Crippen LogP contribution is 2.28. The summed E-state index contributed by atoms with van der Waals surface area (Å²) in [6.45, 7) is 4.66. The zero-order valence-corrected chi connectivity index (χ0v) is 16.6. The molecule has 0 unspecified atom stereocenters. The summed E-state index contributed by atoms with van der Waals surface area (Å²) in [6.07, 6.45) is -1.14. The van der Waals surface area contributed by atoms with E-state index in [4.69, 9.17) is 38.4 Å². The summed E-state index contributed by atoms with van der Waals surface area (Å²) in [5, 5.41) is 0.311. The number of carbonyl (C=O) groups is 3. The molecule has 1 aromatic carbocycles. The summed E-state index contributed by atoms with van der Waals surface area (Å²) in [7, 11) is 1.25. The second-order valence-electron chi connectivity index (χ2n) is 5.88. The van der Waals surface area contributed by atoms with Gasteiger partial charge in [0.1, 0.15) is 0 Å². The highest BCUT2D eigenvalue weighted by atomic mass is 35.5. The summed E-state index contributed by atoms with van der Waals surface area (Å²) in [5.74, 6) is -1.91. The largest absolute Gasteiger partial charge is 0.465 e. The Morgan fingerprint density at radius 1 is 1.15 bits per heavy atom. The Balaban J connectivity index is 2.27. The van der Waals surface area contributed by atoms with Crippen molar-refractivity contribution in [1.29, 1.82) is 0 Å². The number of rotatable bonds is 5. The Labute approximate surface area is 165 Å². The minimum absolute atomic E-state index is 0.00518. The van der Waals surface area contributed by atoms with Crippen LogP contribution in [-0.2, 0) is 9.47 Å². The van der Waals surface area contributed by atoms with Gasteiger partial charge < -0.3 is 20.2 Å². The second kappa shape index (κ2) is 8.02. The van der Waals surface area contributed by atoms with Crippen LogP contribution in [0.4, 0.5) is 5.69 Å². The van der Waals surface area contributed by atoms with E-state index in [1.54, 1.807) is 13.8 Å². The van der Waals surface area contributed by atoms with E-state index >= 15 is 0 Å². The maximum atomic E-state index is 12.7. The van der Waals surface area contributed by atoms with Crippen LogP contribution in [0.1, 0.15) is 49.4 Å². The number of Topliss-reactive ketones (excluding diaryl/α,β-unsaturated/α-hetero) is 1. The van der Waals surface area contributed by atoms with E-state index in [-0.39, 0.29) is 32.6 Å². The van der Waals surface area contributed by atoms with Gasteiger partial charge in [-0.2, -0.15) is 0 Å². The van der Waals surface area contributed by atoms with Crippen LogP contribution < -0.4 is 5.73 Å². The molecular weight excluding hydrogens is 395 g/mol. The number of H-pyrrole nitrogens is 1. The Bertz CT molecular complexity index is 936. The normalized spacial score (nSPS) is 11.8. The number of aromatic amines is 1. The smallest absolute Gasteiger partial charge is 0.341 e. The van der Waals surface area contributed by atoms with Gasteiger partial charge in [-0.3, -0.25) is 4.79 Å². The van der Waals surface area contributed by atoms with Crippen molar-refractivity contribution in [2.45, 2.75) is 26.9 Å². The van der Waals surface area contributed by atoms with Gasteiger partial charge in [-0.1, -0.05) is 23.2 Å². The number of ether oxygens (including phenoxy) is 2. The number of ketones is 1. The van der Waals surface area contributed by atoms with Crippen LogP contribution in [0.5, 0.6) is 0 Å². The van der Waals surface area contributed by atoms with Crippen molar-refractivity contribution in [2.75, 3.05) is 12.8 Å². The van der Waals surface area contributed by atoms with Crippen LogP contribution in [0.15, 0.2) is 12.1 Å². The lowest BCUT2D eigenvalue weighted by Crippen LogP contribution is -2.26. The Morgan fingerprint density at radius 2 is 1.78 bits per heavy atom. The fourth-order valence-corrected chi connectivity index (χ4v) is 3.13. The van der Waals surface area contributed by atoms with Crippen LogP contribution in [0.3, 0.4) is 0 Å². The first-order valence-corrected chi connectivity index (χ1v) is 8.61. The molecule has 7 nitrogen and oxygen atoms in total. The molecule has 2 aromatic rings. The predicted molar refractivity (Wildman–Crippen MR) is 102 cm³/mol. The number of nitrogen functional groups attached to an aromatic ring is 1. The molecule has 9 heteroatoms. The third-order valence-corrected chi connectivity index (χ3v) is 4.57. The summed E-state index contributed by atoms with van der Waals surface area (Å²) < 4.78 is 9.93. The topological polar surface area (TPSA) is 111 Å². The van der Waals surface area contributed by atoms with Crippen molar-refractivity contribution in [3.8, 4) is 0 Å². The first-order valence-electron chi connectivity index (χ1n) is 7.85. The number of benzene rings is 1. The van der Waals surface area contributed by atoms with E-state index < -0.39 is 23.8 Å². The molecule has 3 N–H and O–H groups in total. The lowest BCUT2D eigenvalue weighted by molar-refractivity contribution is 0.0317. The quantitative estimate of drug-likeness (QED) is 0.439. The molecule has 27 heavy (non-hydrogen) atoms. The number of nitrogens with one attached hydrogen (secondary N) is 1. The number of halogens is 2. The molecule has 1 heterocycles. The highest BCUT2D eigenvalue weighted by Gasteiger charge is 2.28. The Hall–Kier alpha value is -2.51. The molecule has 0 radical (unpaired) electrons. The minimum atomic E-state index is -1.14. The van der Waals surface area contributed by atoms with Gasteiger partial charge in [0, 0.05) is 10.7 Å². The zero-order chi connectivity index (χ0) is 20.5. The first kappa shape index (κ1) is 20.8. The van der Waals surface area contributed by atoms with E-state index in [0.717, 1.165) is 0 Å². The molecule has 2 rings (SSSR count). The van der Waals surface area contributed by atoms with Gasteiger partial charge in [-0.05, 0) is 38.5 Å². The molecule has 0 bridgehead atoms. The molecule has 0 amide bonds. The van der Waals surface area contributed by atoms with Gasteiger partial charge in [0.2, 0.25) is 5.78 Å². The second-order valence-corrected chi connectivity index (χ2v) is 6.72. The average molecular weight is 413 g/mol. The van der Waals surface area contributed by atoms with Gasteiger partial charge in [0.25, 0.3) is 0 Å². The van der Waals surface area contributed by atoms with Crippen molar-refractivity contribution in [2.24, 2.45) is 0 Å². The molecule has 1 atom stereocenters. The zero-order valence-electron chi connectivity index (χ0n) is 15.1. The van der Waals surface area contributed by atoms with Crippen molar-refractivity contribution in [3.63, 3.8) is 0 Å². The number of nitrogens with two attached hydrogens (primary N) is 1. The van der Waals surface area contributed by atoms with Crippen LogP contribution in [0.2, 0.25) is 10.0 Å². The van der Waals surface area contributed by atoms with Gasteiger partial charge in [0.05, 0.1) is 34.6 Å². The molecule has 0 aliphatic carbocycles. The number of esters is 2. The Morgan fingerprint density at radius 3 is 2.37 bits per heavy atom. The number of methoxy groups -OCH3 is 1. The molecule has 0 fully saturated rings. The van der Waals surface area contributed by atoms with E-state index in [2.05, 4.69) is 4.98 Å². The average Bonchev–Trinajstić information content (AvgIpc) is 2.90. The lowest BCUT2D eigenvalue weighted by Gasteiger charge is -2.14. The first-order chi connectivity index (χ1) is 12.6. The number of anilines is 1. The monoisotopic (exact) mass is 412 g/mol. The van der Waals surface area contributed by atoms with Crippen LogP contribution in [0.25, 0.3) is 0 Å². The summed E-state index contributed by atoms with van der Waals surface area (Å²) >= 11 is 11.8. The number of aromatic nitrogens is 1. The number of hydrogen-bond acceptors (Lipinski definition) is 6. The van der Waals surface area contributed by atoms with E-state index in [1.165, 1.54) is 26.2 Å². The van der Waals surface area contributed by atoms with Crippen molar-refractivity contribution in [1.82, 2.24) is 4.98 Å². The van der Waals surface area contributed by atoms with Crippen LogP contribution >= 0.6 is 23.2 Å². The van der Waals surface area contributed by atoms with Crippen LogP contribution in [-0.4, -0.2) is 35.9 Å². The molecule has 0 spiro atoms. The molecule has 0 saturated carbocycles. The predicted octanol–water partition coefficient (Wildman–Crippen LogP) is 3.74. The maximum absolute atomic E-state index is 12.7. The molecule has 0 saturated heterocycles. The summed E-state index contributed by atoms with van der Waals surface area (Å²) in [6, 6.07) is 2.70. The van der Waals surface area contributed by atoms with E-state index in [9.17, 15) is 14.4 Å². The molecule has 1 aromatic heterocycles. The van der Waals surface area contributed by atoms with Gasteiger partial charge in [-0.25, -0.2) is 9.59 Å². The molecule has 144 valence electrons. The Kier molecular flexibility index (Phi) is 6.18. The van der Waals surface area contributed by atoms with Crippen molar-refractivity contribution < 1.29 is 23.9 Å². The van der Waals surface area contributed by atoms with Gasteiger partial charge >= 0.3 is 11.9 Å². The highest BCUT2D eigenvalue weighted by molar-refractivity contribution is 6.37. The van der Waals surface area contributed by atoms with Crippen molar-refractivity contribution >= 4 is 46.6 Å². The van der Waals surface area contributed by atoms with Crippen LogP contribution in [0, 0.1) is 13.8 Å². The van der Waals surface area contributed by atoms with Crippen molar-refractivity contribution in [3.05, 3.63) is 50.3 Å². The number of carbonyl (C=O) groups excluding carboxylic acids is 3. The standard InChI is InChI=1S/C18H18Cl2N2O5/c1-7-13(18(25)26-4)8(2)22-15(7)16(23)9(3)27-17(24)11-5-10(19)6-12(20)14(11)21/h5-6,9,22H,21H2,1-4H3/t9-/m1/s1. The fourth-order valence-electron chi connectivity index (χ4n) is 2.64. The van der Waals surface area contributed by atoms with E-state index in [1.807, 2.05) is 0 Å². The van der Waals surface area contributed by atoms with Gasteiger partial charge in [-0.15, -0.1) is 0 Å². The minimum Gasteiger partial charge on any atom is -0.465 e. The van der Waals surface area contributed by atoms with E-state index in [0.29, 0.717) is 11.3 Å². The lowest BCUT2D eigenvalue weighted by atomic mass is 10.1. The number of hydrogen-bond donors (Lipinski definition) is 2. The summed E-state index contributed by atoms with van der Waals surface area (Å²) in [4.78, 5) is 39.7.